The van der Waals surface area contributed by atoms with Gasteiger partial charge in [0, 0.05) is 24.8 Å². The van der Waals surface area contributed by atoms with Gasteiger partial charge in [-0.2, -0.15) is 5.10 Å². The van der Waals surface area contributed by atoms with Crippen LogP contribution in [0.1, 0.15) is 0 Å². The van der Waals surface area contributed by atoms with Crippen molar-refractivity contribution in [2.24, 2.45) is 0 Å². The van der Waals surface area contributed by atoms with Gasteiger partial charge in [0.15, 0.2) is 0 Å². The molecular weight excluding hydrogens is 186 g/mol. The molecule has 0 bridgehead atoms. The van der Waals surface area contributed by atoms with Crippen molar-refractivity contribution >= 4 is 10.8 Å². The van der Waals surface area contributed by atoms with Gasteiger partial charge in [0.05, 0.1) is 0 Å². The Morgan fingerprint density at radius 3 is 2.33 bits per heavy atom. The van der Waals surface area contributed by atoms with Crippen LogP contribution in [-0.4, -0.2) is 15.2 Å². The van der Waals surface area contributed by atoms with Gasteiger partial charge in [0.1, 0.15) is 0 Å². The fourth-order valence-electron chi connectivity index (χ4n) is 1.24. The third-order valence-electron chi connectivity index (χ3n) is 1.96. The molecule has 0 aliphatic carbocycles. The zero-order valence-electron chi connectivity index (χ0n) is 8.17. The number of pyridine rings is 1. The first-order valence-corrected chi connectivity index (χ1v) is 4.69. The Hall–Kier alpha value is -2.16. The molecule has 0 spiro atoms. The van der Waals surface area contributed by atoms with Gasteiger partial charge in [-0.3, -0.25) is 10.1 Å². The molecule has 0 amide bonds. The lowest BCUT2D eigenvalue weighted by Crippen LogP contribution is -1.71. The van der Waals surface area contributed by atoms with E-state index in [-0.39, 0.29) is 0 Å². The van der Waals surface area contributed by atoms with Gasteiger partial charge in [0.2, 0.25) is 0 Å². The lowest BCUT2D eigenvalue weighted by atomic mass is 10.2. The van der Waals surface area contributed by atoms with E-state index in [1.54, 1.807) is 12.4 Å². The van der Waals surface area contributed by atoms with Gasteiger partial charge in [-0.05, 0) is 22.9 Å². The van der Waals surface area contributed by atoms with Crippen LogP contribution in [0.15, 0.2) is 61.2 Å². The molecule has 0 saturated carbocycles. The Balaban J connectivity index is 0.000000144. The highest BCUT2D eigenvalue weighted by molar-refractivity contribution is 5.80. The van der Waals surface area contributed by atoms with Crippen LogP contribution < -0.4 is 0 Å². The molecule has 1 aromatic carbocycles. The molecule has 74 valence electrons. The number of fused-ring (bicyclic) bond motifs is 1. The molecule has 15 heavy (non-hydrogen) atoms. The van der Waals surface area contributed by atoms with E-state index >= 15 is 0 Å². The second-order valence-corrected chi connectivity index (χ2v) is 2.99. The number of hydrogen-bond donors (Lipinski definition) is 1. The van der Waals surface area contributed by atoms with Crippen LogP contribution in [0, 0.1) is 0 Å². The van der Waals surface area contributed by atoms with Crippen molar-refractivity contribution in [1.29, 1.82) is 0 Å². The van der Waals surface area contributed by atoms with E-state index in [4.69, 9.17) is 0 Å². The first kappa shape index (κ1) is 9.40. The largest absolute Gasteiger partial charge is 0.286 e. The highest BCUT2D eigenvalue weighted by Crippen LogP contribution is 2.09. The van der Waals surface area contributed by atoms with E-state index in [2.05, 4.69) is 27.3 Å². The van der Waals surface area contributed by atoms with Gasteiger partial charge in [-0.25, -0.2) is 0 Å². The Morgan fingerprint density at radius 2 is 1.73 bits per heavy atom. The second kappa shape index (κ2) is 4.91. The van der Waals surface area contributed by atoms with E-state index in [0.717, 1.165) is 0 Å². The maximum absolute atomic E-state index is 4.01. The second-order valence-electron chi connectivity index (χ2n) is 2.99. The summed E-state index contributed by atoms with van der Waals surface area (Å²) in [4.78, 5) is 4.01. The van der Waals surface area contributed by atoms with Gasteiger partial charge < -0.3 is 0 Å². The number of benzene rings is 1. The van der Waals surface area contributed by atoms with Crippen LogP contribution in [0.4, 0.5) is 0 Å². The fourth-order valence-corrected chi connectivity index (χ4v) is 1.24. The van der Waals surface area contributed by atoms with Gasteiger partial charge >= 0.3 is 0 Å². The predicted molar refractivity (Wildman–Crippen MR) is 60.3 cm³/mol. The molecule has 0 aliphatic heterocycles. The first-order valence-electron chi connectivity index (χ1n) is 4.69. The average molecular weight is 197 g/mol. The molecule has 2 heterocycles. The highest BCUT2D eigenvalue weighted by Gasteiger charge is 1.86. The standard InChI is InChI=1S/C9H7N.C3H4N2/c1-2-4-9-7-10-6-5-8(9)3-1;1-2-4-5-3-1/h1-7H;1-3H,(H,4,5). The summed E-state index contributed by atoms with van der Waals surface area (Å²) in [5, 5.41) is 8.66. The van der Waals surface area contributed by atoms with Crippen molar-refractivity contribution in [3.8, 4) is 0 Å². The fraction of sp³-hybridized carbons (Fsp3) is 0. The van der Waals surface area contributed by atoms with Gasteiger partial charge in [-0.15, -0.1) is 0 Å². The number of aromatic nitrogens is 3. The van der Waals surface area contributed by atoms with E-state index in [1.165, 1.54) is 10.8 Å². The molecule has 2 aromatic heterocycles. The summed E-state index contributed by atoms with van der Waals surface area (Å²) in [6.07, 6.45) is 7.14. The van der Waals surface area contributed by atoms with E-state index < -0.39 is 0 Å². The van der Waals surface area contributed by atoms with Crippen LogP contribution >= 0.6 is 0 Å². The highest BCUT2D eigenvalue weighted by atomic mass is 15.1. The van der Waals surface area contributed by atoms with Crippen LogP contribution in [0.2, 0.25) is 0 Å². The third kappa shape index (κ3) is 2.64. The molecule has 3 rings (SSSR count). The first-order chi connectivity index (χ1) is 7.47. The smallest absolute Gasteiger partial charge is 0.0487 e. The monoisotopic (exact) mass is 197 g/mol. The molecule has 3 heteroatoms. The number of nitrogens with one attached hydrogen (secondary N) is 1. The van der Waals surface area contributed by atoms with E-state index in [1.807, 2.05) is 36.7 Å². The van der Waals surface area contributed by atoms with Crippen LogP contribution in [0.3, 0.4) is 0 Å². The van der Waals surface area contributed by atoms with Crippen molar-refractivity contribution in [3.63, 3.8) is 0 Å². The summed E-state index contributed by atoms with van der Waals surface area (Å²) in [7, 11) is 0. The summed E-state index contributed by atoms with van der Waals surface area (Å²) in [5.41, 5.74) is 0. The number of H-pyrrole nitrogens is 1. The van der Waals surface area contributed by atoms with Gasteiger partial charge in [-0.1, -0.05) is 24.3 Å². The molecule has 3 nitrogen and oxygen atoms in total. The number of aromatic amines is 1. The summed E-state index contributed by atoms with van der Waals surface area (Å²) in [5.74, 6) is 0. The summed E-state index contributed by atoms with van der Waals surface area (Å²) < 4.78 is 0. The van der Waals surface area contributed by atoms with Crippen LogP contribution in [0.25, 0.3) is 10.8 Å². The van der Waals surface area contributed by atoms with Crippen molar-refractivity contribution < 1.29 is 0 Å². The summed E-state index contributed by atoms with van der Waals surface area (Å²) in [6, 6.07) is 12.0. The number of nitrogens with zero attached hydrogens (tertiary/aromatic N) is 2. The maximum Gasteiger partial charge on any atom is 0.0487 e. The number of rotatable bonds is 0. The predicted octanol–water partition coefficient (Wildman–Crippen LogP) is 2.64. The lowest BCUT2D eigenvalue weighted by Gasteiger charge is -1.91. The molecule has 0 aliphatic rings. The van der Waals surface area contributed by atoms with Gasteiger partial charge in [0.25, 0.3) is 0 Å². The summed E-state index contributed by atoms with van der Waals surface area (Å²) in [6.45, 7) is 0. The molecule has 0 unspecified atom stereocenters. The van der Waals surface area contributed by atoms with E-state index in [0.29, 0.717) is 0 Å². The third-order valence-corrected chi connectivity index (χ3v) is 1.96. The summed E-state index contributed by atoms with van der Waals surface area (Å²) >= 11 is 0. The Bertz CT molecular complexity index is 420. The normalized spacial score (nSPS) is 9.33. The van der Waals surface area contributed by atoms with Crippen molar-refractivity contribution in [3.05, 3.63) is 61.2 Å². The lowest BCUT2D eigenvalue weighted by molar-refractivity contribution is 1.09. The average Bonchev–Trinajstić information content (AvgIpc) is 2.88. The molecule has 0 atom stereocenters. The quantitative estimate of drug-likeness (QED) is 0.602. The molecule has 1 N–H and O–H groups in total. The molecule has 3 aromatic rings. The molecule has 0 radical (unpaired) electrons. The maximum atomic E-state index is 4.01. The minimum Gasteiger partial charge on any atom is -0.286 e. The SMILES string of the molecule is c1ccc2cnccc2c1.c1cn[nH]c1. The zero-order chi connectivity index (χ0) is 10.3. The minimum absolute atomic E-state index is 1.20. The topological polar surface area (TPSA) is 41.6 Å². The van der Waals surface area contributed by atoms with Crippen molar-refractivity contribution in [2.45, 2.75) is 0 Å². The molecule has 0 saturated heterocycles. The zero-order valence-corrected chi connectivity index (χ0v) is 8.17. The molecular formula is C12H11N3. The van der Waals surface area contributed by atoms with E-state index in [9.17, 15) is 0 Å². The van der Waals surface area contributed by atoms with Crippen molar-refractivity contribution in [2.75, 3.05) is 0 Å². The Labute approximate surface area is 87.8 Å². The van der Waals surface area contributed by atoms with Crippen LogP contribution in [0.5, 0.6) is 0 Å². The minimum atomic E-state index is 1.20. The Kier molecular flexibility index (Phi) is 3.07. The Morgan fingerprint density at radius 1 is 0.867 bits per heavy atom. The van der Waals surface area contributed by atoms with Crippen molar-refractivity contribution in [1.82, 2.24) is 15.2 Å². The number of hydrogen-bond acceptors (Lipinski definition) is 2. The molecule has 0 fully saturated rings. The van der Waals surface area contributed by atoms with Crippen LogP contribution in [-0.2, 0) is 0 Å².